The van der Waals surface area contributed by atoms with E-state index in [2.05, 4.69) is 11.9 Å². The van der Waals surface area contributed by atoms with E-state index in [0.29, 0.717) is 11.1 Å². The number of amides is 2. The van der Waals surface area contributed by atoms with Gasteiger partial charge in [-0.1, -0.05) is 18.7 Å². The summed E-state index contributed by atoms with van der Waals surface area (Å²) >= 11 is 0. The lowest BCUT2D eigenvalue weighted by Crippen LogP contribution is -2.19. The molecule has 1 aromatic rings. The van der Waals surface area contributed by atoms with Crippen LogP contribution in [-0.4, -0.2) is 22.9 Å². The summed E-state index contributed by atoms with van der Waals surface area (Å²) in [6.45, 7) is 4.60. The van der Waals surface area contributed by atoms with Crippen LogP contribution in [0.3, 0.4) is 0 Å². The van der Waals surface area contributed by atoms with Crippen LogP contribution >= 0.6 is 0 Å². The number of benzene rings is 1. The quantitative estimate of drug-likeness (QED) is 0.564. The molecule has 1 aliphatic heterocycles. The van der Waals surface area contributed by atoms with Gasteiger partial charge in [-0.25, -0.2) is 4.79 Å². The monoisotopic (exact) mass is 233 g/mol. The van der Waals surface area contributed by atoms with Gasteiger partial charge in [-0.05, 0) is 19.1 Å². The lowest BCUT2D eigenvalue weighted by molar-refractivity contribution is -0.132. The Hall–Kier alpha value is -2.43. The maximum atomic E-state index is 10.9. The maximum absolute atomic E-state index is 10.9. The second-order valence-corrected chi connectivity index (χ2v) is 3.41. The Labute approximate surface area is 97.8 Å². The molecule has 0 saturated heterocycles. The highest BCUT2D eigenvalue weighted by molar-refractivity contribution is 6.21. The first-order valence-electron chi connectivity index (χ1n) is 4.77. The Morgan fingerprint density at radius 1 is 1.18 bits per heavy atom. The molecule has 0 aromatic heterocycles. The molecule has 0 saturated carbocycles. The van der Waals surface area contributed by atoms with Gasteiger partial charge >= 0.3 is 5.97 Å². The summed E-state index contributed by atoms with van der Waals surface area (Å²) in [5.74, 6) is -1.54. The molecule has 0 atom stereocenters. The fraction of sp³-hybridized carbons (Fsp3) is 0.0833. The Morgan fingerprint density at radius 3 is 1.82 bits per heavy atom. The zero-order chi connectivity index (χ0) is 13.0. The van der Waals surface area contributed by atoms with E-state index >= 15 is 0 Å². The van der Waals surface area contributed by atoms with Crippen molar-refractivity contribution in [3.8, 4) is 0 Å². The van der Waals surface area contributed by atoms with Gasteiger partial charge in [-0.15, -0.1) is 0 Å². The van der Waals surface area contributed by atoms with Crippen LogP contribution in [0.2, 0.25) is 0 Å². The summed E-state index contributed by atoms with van der Waals surface area (Å²) in [5.41, 5.74) is 1.12. The van der Waals surface area contributed by atoms with E-state index in [1.54, 1.807) is 24.3 Å². The highest BCUT2D eigenvalue weighted by Crippen LogP contribution is 2.13. The van der Waals surface area contributed by atoms with Gasteiger partial charge in [0.25, 0.3) is 11.8 Å². The van der Waals surface area contributed by atoms with Crippen molar-refractivity contribution in [1.29, 1.82) is 0 Å². The second kappa shape index (κ2) is 5.07. The van der Waals surface area contributed by atoms with Crippen molar-refractivity contribution in [2.24, 2.45) is 0 Å². The van der Waals surface area contributed by atoms with Crippen LogP contribution in [0, 0.1) is 0 Å². The standard InChI is InChI=1S/C8H5NO2.C4H6O2/c10-7-5-3-1-2-4-6(5)8(11)9-7;1-3(2)4(5)6/h1-4H,(H,9,10,11);1H2,2H3,(H,5,6). The highest BCUT2D eigenvalue weighted by atomic mass is 16.4. The van der Waals surface area contributed by atoms with Gasteiger partial charge in [-0.3, -0.25) is 14.9 Å². The van der Waals surface area contributed by atoms with Crippen LogP contribution in [0.1, 0.15) is 27.6 Å². The minimum Gasteiger partial charge on any atom is -0.478 e. The Bertz CT molecular complexity index is 460. The van der Waals surface area contributed by atoms with E-state index in [4.69, 9.17) is 5.11 Å². The van der Waals surface area contributed by atoms with E-state index in [-0.39, 0.29) is 17.4 Å². The lowest BCUT2D eigenvalue weighted by Gasteiger charge is -1.88. The number of carbonyl (C=O) groups excluding carboxylic acids is 2. The third-order valence-corrected chi connectivity index (χ3v) is 2.01. The molecule has 1 aromatic carbocycles. The number of carboxylic acids is 1. The molecule has 5 nitrogen and oxygen atoms in total. The molecule has 0 unspecified atom stereocenters. The summed E-state index contributed by atoms with van der Waals surface area (Å²) in [4.78, 5) is 31.5. The van der Waals surface area contributed by atoms with E-state index in [1.165, 1.54) is 6.92 Å². The number of carbonyl (C=O) groups is 3. The smallest absolute Gasteiger partial charge is 0.330 e. The zero-order valence-corrected chi connectivity index (χ0v) is 9.19. The molecule has 17 heavy (non-hydrogen) atoms. The third-order valence-electron chi connectivity index (χ3n) is 2.01. The average molecular weight is 233 g/mol. The number of rotatable bonds is 1. The Balaban J connectivity index is 0.000000209. The molecular weight excluding hydrogens is 222 g/mol. The number of carboxylic acid groups (broad SMARTS) is 1. The summed E-state index contributed by atoms with van der Waals surface area (Å²) in [6.07, 6.45) is 0. The Kier molecular flexibility index (Phi) is 3.77. The number of aliphatic carboxylic acids is 1. The summed E-state index contributed by atoms with van der Waals surface area (Å²) in [5, 5.41) is 10.1. The van der Waals surface area contributed by atoms with Crippen LogP contribution < -0.4 is 5.32 Å². The molecular formula is C12H11NO4. The van der Waals surface area contributed by atoms with Gasteiger partial charge in [0.15, 0.2) is 0 Å². The van der Waals surface area contributed by atoms with Crippen molar-refractivity contribution in [2.45, 2.75) is 6.92 Å². The number of hydrogen-bond donors (Lipinski definition) is 2. The van der Waals surface area contributed by atoms with Gasteiger partial charge < -0.3 is 5.11 Å². The molecule has 2 N–H and O–H groups in total. The lowest BCUT2D eigenvalue weighted by atomic mass is 10.1. The molecule has 0 fully saturated rings. The van der Waals surface area contributed by atoms with E-state index < -0.39 is 5.97 Å². The SMILES string of the molecule is C=C(C)C(=O)O.O=C1NC(=O)c2ccccc21. The van der Waals surface area contributed by atoms with Crippen LogP contribution in [0.15, 0.2) is 36.4 Å². The molecule has 1 heterocycles. The van der Waals surface area contributed by atoms with Crippen LogP contribution in [0.5, 0.6) is 0 Å². The van der Waals surface area contributed by atoms with Gasteiger partial charge in [0.05, 0.1) is 11.1 Å². The topological polar surface area (TPSA) is 83.5 Å². The molecule has 5 heteroatoms. The fourth-order valence-corrected chi connectivity index (χ4v) is 1.12. The largest absolute Gasteiger partial charge is 0.478 e. The van der Waals surface area contributed by atoms with Gasteiger partial charge in [-0.2, -0.15) is 0 Å². The molecule has 0 spiro atoms. The van der Waals surface area contributed by atoms with Crippen molar-refractivity contribution in [3.05, 3.63) is 47.5 Å². The van der Waals surface area contributed by atoms with Crippen molar-refractivity contribution in [3.63, 3.8) is 0 Å². The molecule has 2 rings (SSSR count). The van der Waals surface area contributed by atoms with E-state index in [1.807, 2.05) is 0 Å². The van der Waals surface area contributed by atoms with Crippen molar-refractivity contribution < 1.29 is 19.5 Å². The van der Waals surface area contributed by atoms with Crippen molar-refractivity contribution in [2.75, 3.05) is 0 Å². The van der Waals surface area contributed by atoms with Gasteiger partial charge in [0, 0.05) is 5.57 Å². The summed E-state index contributed by atoms with van der Waals surface area (Å²) < 4.78 is 0. The number of nitrogens with one attached hydrogen (secondary N) is 1. The molecule has 0 aliphatic carbocycles. The van der Waals surface area contributed by atoms with Crippen molar-refractivity contribution >= 4 is 17.8 Å². The molecule has 1 aliphatic rings. The Morgan fingerprint density at radius 2 is 1.53 bits per heavy atom. The molecule has 0 radical (unpaired) electrons. The first-order chi connectivity index (χ1) is 7.93. The van der Waals surface area contributed by atoms with Gasteiger partial charge in [0.2, 0.25) is 0 Å². The van der Waals surface area contributed by atoms with E-state index in [0.717, 1.165) is 0 Å². The molecule has 2 amide bonds. The van der Waals surface area contributed by atoms with Crippen LogP contribution in [0.4, 0.5) is 0 Å². The first-order valence-corrected chi connectivity index (χ1v) is 4.77. The highest BCUT2D eigenvalue weighted by Gasteiger charge is 2.25. The average Bonchev–Trinajstić information content (AvgIpc) is 2.56. The van der Waals surface area contributed by atoms with Crippen LogP contribution in [0.25, 0.3) is 0 Å². The normalized spacial score (nSPS) is 12.1. The number of fused-ring (bicyclic) bond motifs is 1. The fourth-order valence-electron chi connectivity index (χ4n) is 1.12. The second-order valence-electron chi connectivity index (χ2n) is 3.41. The number of hydrogen-bond acceptors (Lipinski definition) is 3. The van der Waals surface area contributed by atoms with Crippen molar-refractivity contribution in [1.82, 2.24) is 5.32 Å². The minimum absolute atomic E-state index is 0.176. The zero-order valence-electron chi connectivity index (χ0n) is 9.19. The predicted molar refractivity (Wildman–Crippen MR) is 60.7 cm³/mol. The van der Waals surface area contributed by atoms with Gasteiger partial charge in [0.1, 0.15) is 0 Å². The summed E-state index contributed by atoms with van der Waals surface area (Å²) in [7, 11) is 0. The molecule has 88 valence electrons. The molecule has 0 bridgehead atoms. The maximum Gasteiger partial charge on any atom is 0.330 e. The predicted octanol–water partition coefficient (Wildman–Crippen LogP) is 1.22. The summed E-state index contributed by atoms with van der Waals surface area (Å²) in [6, 6.07) is 6.74. The number of imide groups is 1. The minimum atomic E-state index is -0.935. The van der Waals surface area contributed by atoms with E-state index in [9.17, 15) is 14.4 Å². The van der Waals surface area contributed by atoms with Crippen LogP contribution in [-0.2, 0) is 4.79 Å². The first kappa shape index (κ1) is 12.6. The third kappa shape index (κ3) is 3.01.